The van der Waals surface area contributed by atoms with Crippen LogP contribution in [0.3, 0.4) is 0 Å². The Balaban J connectivity index is 1.33. The zero-order valence-electron chi connectivity index (χ0n) is 53.4. The molecule has 5 aliphatic heterocycles. The summed E-state index contributed by atoms with van der Waals surface area (Å²) in [5, 5.41) is 144. The van der Waals surface area contributed by atoms with E-state index < -0.39 is 222 Å². The van der Waals surface area contributed by atoms with E-state index in [0.717, 1.165) is 39.0 Å². The van der Waals surface area contributed by atoms with Crippen LogP contribution in [0, 0.1) is 0 Å². The van der Waals surface area contributed by atoms with Crippen molar-refractivity contribution in [3.05, 3.63) is 95.6 Å². The van der Waals surface area contributed by atoms with Crippen LogP contribution in [0.5, 0.6) is 23.0 Å². The molecule has 5 fully saturated rings. The summed E-state index contributed by atoms with van der Waals surface area (Å²) in [7, 11) is 2.50. The van der Waals surface area contributed by atoms with Gasteiger partial charge in [0.05, 0.1) is 39.6 Å². The lowest BCUT2D eigenvalue weighted by molar-refractivity contribution is -0.423. The number of phenolic OH excluding ortho intramolecular Hbond substituents is 2. The van der Waals surface area contributed by atoms with Gasteiger partial charge in [-0.3, -0.25) is 14.4 Å². The van der Waals surface area contributed by atoms with Crippen molar-refractivity contribution in [2.75, 3.05) is 53.9 Å². The number of aliphatic hydroxyl groups is 11. The van der Waals surface area contributed by atoms with Crippen molar-refractivity contribution in [3.8, 4) is 23.0 Å². The van der Waals surface area contributed by atoms with E-state index in [2.05, 4.69) is 0 Å². The molecule has 36 nitrogen and oxygen atoms in total. The molecule has 0 radical (unpaired) electrons. The average molecular weight is 1410 g/mol. The lowest BCUT2D eigenvalue weighted by Gasteiger charge is -2.51. The van der Waals surface area contributed by atoms with Crippen LogP contribution < -0.4 is 9.47 Å². The Morgan fingerprint density at radius 2 is 0.929 bits per heavy atom. The van der Waals surface area contributed by atoms with Gasteiger partial charge in [-0.15, -0.1) is 0 Å². The van der Waals surface area contributed by atoms with Gasteiger partial charge in [-0.1, -0.05) is 30.3 Å². The van der Waals surface area contributed by atoms with Gasteiger partial charge in [-0.05, 0) is 59.7 Å². The predicted molar refractivity (Wildman–Crippen MR) is 320 cm³/mol. The fraction of sp³-hybridized carbons (Fsp3) is 0.556. The maximum atomic E-state index is 14.6. The first kappa shape index (κ1) is 77.1. The molecule has 3 aromatic rings. The molecule has 0 spiro atoms. The van der Waals surface area contributed by atoms with E-state index in [-0.39, 0.29) is 39.7 Å². The number of benzene rings is 3. The maximum absolute atomic E-state index is 14.6. The third-order valence-electron chi connectivity index (χ3n) is 16.1. The number of phenols is 2. The monoisotopic (exact) mass is 1410 g/mol. The number of ether oxygens (including phenoxy) is 17. The van der Waals surface area contributed by atoms with Gasteiger partial charge < -0.3 is 147 Å². The van der Waals surface area contributed by atoms with Gasteiger partial charge in [-0.25, -0.2) is 14.4 Å². The van der Waals surface area contributed by atoms with Crippen LogP contribution in [0.2, 0.25) is 0 Å². The van der Waals surface area contributed by atoms with Crippen LogP contribution in [-0.2, 0) is 95.0 Å². The lowest BCUT2D eigenvalue weighted by atomic mass is 9.95. The van der Waals surface area contributed by atoms with Crippen molar-refractivity contribution < 1.29 is 176 Å². The first-order valence-electron chi connectivity index (χ1n) is 30.5. The molecule has 36 heteroatoms. The summed E-state index contributed by atoms with van der Waals surface area (Å²) in [6.45, 7) is -3.79. The highest BCUT2D eigenvalue weighted by molar-refractivity contribution is 5.90. The summed E-state index contributed by atoms with van der Waals surface area (Å²) in [6.07, 6.45) is -46.5. The van der Waals surface area contributed by atoms with Gasteiger partial charge in [0.15, 0.2) is 66.5 Å². The van der Waals surface area contributed by atoms with Crippen LogP contribution >= 0.6 is 0 Å². The Morgan fingerprint density at radius 1 is 0.465 bits per heavy atom. The number of rotatable bonds is 27. The van der Waals surface area contributed by atoms with E-state index in [4.69, 9.17) is 80.5 Å². The van der Waals surface area contributed by atoms with E-state index in [0.29, 0.717) is 0 Å². The maximum Gasteiger partial charge on any atom is 0.338 e. The molecule has 3 aromatic carbocycles. The summed E-state index contributed by atoms with van der Waals surface area (Å²) < 4.78 is 101. The third kappa shape index (κ3) is 18.7. The Labute approximate surface area is 562 Å². The molecule has 546 valence electrons. The minimum Gasteiger partial charge on any atom is -0.504 e. The van der Waals surface area contributed by atoms with Crippen LogP contribution in [-0.4, -0.2) is 303 Å². The van der Waals surface area contributed by atoms with Crippen molar-refractivity contribution in [3.63, 3.8) is 0 Å². The molecular formula is C63H78O36. The van der Waals surface area contributed by atoms with Crippen LogP contribution in [0.1, 0.15) is 42.3 Å². The molecule has 0 bridgehead atoms. The van der Waals surface area contributed by atoms with Gasteiger partial charge in [0.1, 0.15) is 117 Å². The van der Waals surface area contributed by atoms with Gasteiger partial charge in [0.2, 0.25) is 5.79 Å². The lowest BCUT2D eigenvalue weighted by Crippen LogP contribution is -2.70. The molecule has 24 atom stereocenters. The Morgan fingerprint density at radius 3 is 1.42 bits per heavy atom. The van der Waals surface area contributed by atoms with Crippen molar-refractivity contribution in [1.29, 1.82) is 0 Å². The van der Waals surface area contributed by atoms with E-state index in [9.17, 15) is 95.2 Å². The molecule has 0 aromatic heterocycles. The quantitative estimate of drug-likeness (QED) is 0.0195. The summed E-state index contributed by atoms with van der Waals surface area (Å²) >= 11 is 0. The van der Waals surface area contributed by atoms with E-state index in [1.54, 1.807) is 6.07 Å². The molecule has 0 saturated carbocycles. The number of esters is 6. The Hall–Kier alpha value is -7.64. The van der Waals surface area contributed by atoms with Crippen molar-refractivity contribution in [2.45, 2.75) is 168 Å². The summed E-state index contributed by atoms with van der Waals surface area (Å²) in [5.41, 5.74) is 0.278. The fourth-order valence-corrected chi connectivity index (χ4v) is 11.1. The first-order chi connectivity index (χ1) is 47.1. The highest BCUT2D eigenvalue weighted by atomic mass is 16.8. The molecule has 0 unspecified atom stereocenters. The van der Waals surface area contributed by atoms with Crippen molar-refractivity contribution >= 4 is 48.0 Å². The second-order valence-electron chi connectivity index (χ2n) is 22.9. The second-order valence-corrected chi connectivity index (χ2v) is 22.9. The van der Waals surface area contributed by atoms with Crippen LogP contribution in [0.25, 0.3) is 12.2 Å². The first-order valence-corrected chi connectivity index (χ1v) is 30.5. The van der Waals surface area contributed by atoms with Crippen molar-refractivity contribution in [1.82, 2.24) is 0 Å². The molecule has 5 aliphatic rings. The largest absolute Gasteiger partial charge is 0.504 e. The molecule has 0 aliphatic carbocycles. The smallest absolute Gasteiger partial charge is 0.338 e. The molecule has 8 rings (SSSR count). The number of hydrogen-bond acceptors (Lipinski definition) is 36. The van der Waals surface area contributed by atoms with Crippen LogP contribution in [0.4, 0.5) is 0 Å². The topological polar surface area (TPSA) is 522 Å². The highest BCUT2D eigenvalue weighted by Crippen LogP contribution is 2.43. The fourth-order valence-electron chi connectivity index (χ4n) is 11.1. The normalized spacial score (nSPS) is 34.6. The summed E-state index contributed by atoms with van der Waals surface area (Å²) in [4.78, 5) is 81.2. The Kier molecular flexibility index (Phi) is 27.0. The minimum atomic E-state index is -3.06. The van der Waals surface area contributed by atoms with Crippen LogP contribution in [0.15, 0.2) is 78.9 Å². The summed E-state index contributed by atoms with van der Waals surface area (Å²) in [5.74, 6) is -10.7. The number of methoxy groups -OCH3 is 2. The number of carbonyl (C=O) groups excluding carboxylic acids is 6. The van der Waals surface area contributed by atoms with Gasteiger partial charge in [-0.2, -0.15) is 0 Å². The second kappa shape index (κ2) is 34.6. The van der Waals surface area contributed by atoms with Gasteiger partial charge in [0.25, 0.3) is 0 Å². The molecule has 99 heavy (non-hydrogen) atoms. The third-order valence-corrected chi connectivity index (χ3v) is 16.1. The molecule has 13 N–H and O–H groups in total. The molecular weight excluding hydrogens is 1330 g/mol. The molecule has 5 heterocycles. The summed E-state index contributed by atoms with van der Waals surface area (Å²) in [6, 6.07) is 14.8. The molecule has 0 amide bonds. The number of hydrogen-bond donors (Lipinski definition) is 13. The predicted octanol–water partition coefficient (Wildman–Crippen LogP) is -4.39. The number of aromatic hydroxyl groups is 2. The highest BCUT2D eigenvalue weighted by Gasteiger charge is 2.65. The van der Waals surface area contributed by atoms with Crippen molar-refractivity contribution in [2.24, 2.45) is 0 Å². The number of aliphatic hydroxyl groups excluding tert-OH is 11. The minimum absolute atomic E-state index is 0.00557. The molecule has 5 saturated heterocycles. The van der Waals surface area contributed by atoms with Gasteiger partial charge in [0, 0.05) is 32.9 Å². The zero-order valence-corrected chi connectivity index (χ0v) is 53.4. The van der Waals surface area contributed by atoms with Gasteiger partial charge >= 0.3 is 35.8 Å². The number of carbonyl (C=O) groups is 6. The average Bonchev–Trinajstić information content (AvgIpc) is 1.71. The van der Waals surface area contributed by atoms with E-state index >= 15 is 0 Å². The zero-order chi connectivity index (χ0) is 72.2. The van der Waals surface area contributed by atoms with E-state index in [1.807, 2.05) is 0 Å². The SMILES string of the molecule is COc1cc(/C=C/C(=O)OC[C@@]2(O[C@H]3O[C@H](COC(C)=O)[C@@H](OC(=O)/C=C/c4ccc(O)c(OC)c4)[C@H](O[C@H]4O[C@H](COC(C)=O)[C@@H](OC(C)=O)[C@H](O[C@H]5O[C@H](CO)[C@@H](O)[C@H](O)[C@H]5O)[C@H]4O)[C@H]3O[C@@H]3O[C@H](CO)[C@@H](O)[C@H](O)[C@H]3O)O[C@H](CO)[C@@H](O)[C@H]2OC(=O)c2ccccc2)ccc1O. The van der Waals surface area contributed by atoms with E-state index in [1.165, 1.54) is 81.0 Å². The standard InChI is InChI=1S/C63H78O36/c1-27(67)85-24-40-52(88-29(3)69)54(94-59-49(79)47(77)44(74)37(21-64)89-59)51(81)61(91-40)95-55-53(93-43(73)18-14-31-12-16-34(71)36(20-31)84-5)41(25-86-28(2)68)92-62(56(55)96-60-50(80)48(78)45(75)38(22-65)90-60)99-63(26-87-42(72)17-13-30-11-15-33(70)35(19-30)83-4)57(46(76)39(23-66)98-63)97-58(82)32-9-7-6-8-10-32/h6-20,37-41,44-57,59-62,64-66,70-71,74-81H,21-26H2,1-5H3/b17-13+,18-14+/t37-,38-,39-,40-,41-,44-,45-,46-,47+,48+,49-,50-,51-,52-,53-,54-,55+,56-,57-,59-,60+,61-,62-,63+/m1/s1. The Bertz CT molecular complexity index is 3270.